The SMILES string of the molecule is CC1(C)OC(=O)C2=C1NC(=O)CC2c1ccc(-c2ccc(Cl)cc2Cl)o1. The monoisotopic (exact) mass is 391 g/mol. The summed E-state index contributed by atoms with van der Waals surface area (Å²) in [6.07, 6.45) is 0.116. The highest BCUT2D eigenvalue weighted by atomic mass is 35.5. The molecule has 0 fully saturated rings. The number of cyclic esters (lactones) is 1. The van der Waals surface area contributed by atoms with Crippen molar-refractivity contribution in [3.63, 3.8) is 0 Å². The van der Waals surface area contributed by atoms with Gasteiger partial charge in [-0.3, -0.25) is 4.79 Å². The molecule has 1 N–H and O–H groups in total. The van der Waals surface area contributed by atoms with Gasteiger partial charge in [-0.2, -0.15) is 0 Å². The van der Waals surface area contributed by atoms with Gasteiger partial charge in [0, 0.05) is 17.0 Å². The minimum atomic E-state index is -0.865. The lowest BCUT2D eigenvalue weighted by atomic mass is 9.86. The summed E-state index contributed by atoms with van der Waals surface area (Å²) < 4.78 is 11.4. The van der Waals surface area contributed by atoms with E-state index < -0.39 is 17.5 Å². The van der Waals surface area contributed by atoms with E-state index in [1.165, 1.54) is 0 Å². The van der Waals surface area contributed by atoms with Crippen LogP contribution in [0.5, 0.6) is 0 Å². The molecule has 0 saturated heterocycles. The summed E-state index contributed by atoms with van der Waals surface area (Å²) in [6.45, 7) is 3.49. The van der Waals surface area contributed by atoms with Gasteiger partial charge in [0.2, 0.25) is 5.91 Å². The van der Waals surface area contributed by atoms with E-state index in [4.69, 9.17) is 32.4 Å². The average Bonchev–Trinajstić information content (AvgIpc) is 3.10. The number of nitrogens with one attached hydrogen (secondary N) is 1. The average molecular weight is 392 g/mol. The Hall–Kier alpha value is -2.24. The molecular formula is C19H15Cl2NO4. The van der Waals surface area contributed by atoms with E-state index in [0.717, 1.165) is 0 Å². The maximum atomic E-state index is 12.4. The third-order valence-electron chi connectivity index (χ3n) is 4.61. The zero-order valence-electron chi connectivity index (χ0n) is 14.1. The first-order valence-electron chi connectivity index (χ1n) is 8.09. The number of amides is 1. The van der Waals surface area contributed by atoms with Crippen LogP contribution in [0.15, 0.2) is 46.0 Å². The van der Waals surface area contributed by atoms with Crippen molar-refractivity contribution in [3.8, 4) is 11.3 Å². The van der Waals surface area contributed by atoms with E-state index >= 15 is 0 Å². The largest absolute Gasteiger partial charge is 0.460 e. The Kier molecular flexibility index (Phi) is 3.90. The number of ether oxygens (including phenoxy) is 1. The topological polar surface area (TPSA) is 68.5 Å². The van der Waals surface area contributed by atoms with Gasteiger partial charge in [0.05, 0.1) is 22.2 Å². The fraction of sp³-hybridized carbons (Fsp3) is 0.263. The zero-order valence-corrected chi connectivity index (χ0v) is 15.6. The smallest absolute Gasteiger partial charge is 0.337 e. The zero-order chi connectivity index (χ0) is 18.6. The van der Waals surface area contributed by atoms with Crippen molar-refractivity contribution in [2.75, 3.05) is 0 Å². The number of halogens is 2. The van der Waals surface area contributed by atoms with Gasteiger partial charge in [-0.1, -0.05) is 23.2 Å². The third-order valence-corrected chi connectivity index (χ3v) is 5.16. The highest BCUT2D eigenvalue weighted by Gasteiger charge is 2.48. The quantitative estimate of drug-likeness (QED) is 0.767. The molecule has 2 aliphatic heterocycles. The van der Waals surface area contributed by atoms with Crippen LogP contribution < -0.4 is 5.32 Å². The molecule has 0 saturated carbocycles. The predicted molar refractivity (Wildman–Crippen MR) is 96.9 cm³/mol. The number of carbonyl (C=O) groups is 2. The molecule has 1 atom stereocenters. The summed E-state index contributed by atoms with van der Waals surface area (Å²) in [5, 5.41) is 3.76. The molecule has 0 aliphatic carbocycles. The standard InChI is InChI=1S/C19H15Cl2NO4/c1-19(2)17-16(18(24)26-19)11(8-15(23)22-17)14-6-5-13(25-14)10-4-3-9(20)7-12(10)21/h3-7,11H,8H2,1-2H3,(H,22,23). The van der Waals surface area contributed by atoms with Crippen LogP contribution in [-0.4, -0.2) is 17.5 Å². The van der Waals surface area contributed by atoms with Crippen molar-refractivity contribution in [1.29, 1.82) is 0 Å². The molecule has 7 heteroatoms. The van der Waals surface area contributed by atoms with Crippen molar-refractivity contribution >= 4 is 35.1 Å². The van der Waals surface area contributed by atoms with Gasteiger partial charge in [0.25, 0.3) is 0 Å². The number of benzene rings is 1. The van der Waals surface area contributed by atoms with Crippen LogP contribution >= 0.6 is 23.2 Å². The van der Waals surface area contributed by atoms with Crippen molar-refractivity contribution in [3.05, 3.63) is 57.4 Å². The van der Waals surface area contributed by atoms with Crippen molar-refractivity contribution in [2.24, 2.45) is 0 Å². The van der Waals surface area contributed by atoms with Crippen LogP contribution in [-0.2, 0) is 14.3 Å². The lowest BCUT2D eigenvalue weighted by molar-refractivity contribution is -0.144. The van der Waals surface area contributed by atoms with Gasteiger partial charge in [0.1, 0.15) is 17.1 Å². The molecule has 0 spiro atoms. The van der Waals surface area contributed by atoms with E-state index in [2.05, 4.69) is 5.32 Å². The van der Waals surface area contributed by atoms with Gasteiger partial charge in [0.15, 0.2) is 0 Å². The summed E-state index contributed by atoms with van der Waals surface area (Å²) in [5.74, 6) is -0.0450. The van der Waals surface area contributed by atoms with Crippen LogP contribution in [0.25, 0.3) is 11.3 Å². The second-order valence-corrected chi connectivity index (χ2v) is 7.66. The molecule has 3 heterocycles. The maximum Gasteiger partial charge on any atom is 0.337 e. The molecular weight excluding hydrogens is 377 g/mol. The molecule has 1 aromatic heterocycles. The number of furan rings is 1. The minimum absolute atomic E-state index is 0.116. The van der Waals surface area contributed by atoms with Gasteiger partial charge >= 0.3 is 5.97 Å². The van der Waals surface area contributed by atoms with E-state index in [9.17, 15) is 9.59 Å². The molecule has 134 valence electrons. The Morgan fingerprint density at radius 2 is 1.92 bits per heavy atom. The van der Waals surface area contributed by atoms with Crippen LogP contribution in [0, 0.1) is 0 Å². The molecule has 4 rings (SSSR count). The number of carbonyl (C=O) groups excluding carboxylic acids is 2. The summed E-state index contributed by atoms with van der Waals surface area (Å²) >= 11 is 12.2. The Bertz CT molecular complexity index is 974. The molecule has 1 amide bonds. The highest BCUT2D eigenvalue weighted by Crippen LogP contribution is 2.44. The lowest BCUT2D eigenvalue weighted by Gasteiger charge is -2.26. The maximum absolute atomic E-state index is 12.4. The Morgan fingerprint density at radius 3 is 2.65 bits per heavy atom. The second kappa shape index (κ2) is 5.89. The Labute approximate surface area is 159 Å². The number of hydrogen-bond donors (Lipinski definition) is 1. The van der Waals surface area contributed by atoms with Crippen LogP contribution in [0.1, 0.15) is 31.9 Å². The van der Waals surface area contributed by atoms with E-state index in [-0.39, 0.29) is 12.3 Å². The molecule has 0 bridgehead atoms. The van der Waals surface area contributed by atoms with Crippen LogP contribution in [0.4, 0.5) is 0 Å². The van der Waals surface area contributed by atoms with Gasteiger partial charge in [-0.05, 0) is 44.2 Å². The van der Waals surface area contributed by atoms with Gasteiger partial charge < -0.3 is 14.5 Å². The molecule has 2 aromatic rings. The highest BCUT2D eigenvalue weighted by molar-refractivity contribution is 6.36. The van der Waals surface area contributed by atoms with Crippen LogP contribution in [0.2, 0.25) is 10.0 Å². The van der Waals surface area contributed by atoms with E-state index in [0.29, 0.717) is 38.4 Å². The second-order valence-electron chi connectivity index (χ2n) is 6.82. The first kappa shape index (κ1) is 17.2. The minimum Gasteiger partial charge on any atom is -0.460 e. The summed E-state index contributed by atoms with van der Waals surface area (Å²) in [7, 11) is 0. The summed E-state index contributed by atoms with van der Waals surface area (Å²) in [5.41, 5.74) is 0.769. The molecule has 2 aliphatic rings. The predicted octanol–water partition coefficient (Wildman–Crippen LogP) is 4.45. The fourth-order valence-electron chi connectivity index (χ4n) is 3.39. The molecule has 1 unspecified atom stereocenters. The fourth-order valence-corrected chi connectivity index (χ4v) is 3.90. The van der Waals surface area contributed by atoms with Gasteiger partial charge in [-0.25, -0.2) is 4.79 Å². The lowest BCUT2D eigenvalue weighted by Crippen LogP contribution is -2.38. The van der Waals surface area contributed by atoms with E-state index in [1.54, 1.807) is 44.2 Å². The molecule has 26 heavy (non-hydrogen) atoms. The molecule has 5 nitrogen and oxygen atoms in total. The summed E-state index contributed by atoms with van der Waals surface area (Å²) in [6, 6.07) is 8.64. The molecule has 0 radical (unpaired) electrons. The Balaban J connectivity index is 1.76. The number of esters is 1. The first-order chi connectivity index (χ1) is 12.3. The summed E-state index contributed by atoms with van der Waals surface area (Å²) in [4.78, 5) is 24.5. The normalized spacial score (nSPS) is 21.5. The Morgan fingerprint density at radius 1 is 1.15 bits per heavy atom. The van der Waals surface area contributed by atoms with Crippen molar-refractivity contribution < 1.29 is 18.7 Å². The van der Waals surface area contributed by atoms with Crippen molar-refractivity contribution in [2.45, 2.75) is 31.8 Å². The van der Waals surface area contributed by atoms with Crippen molar-refractivity contribution in [1.82, 2.24) is 5.32 Å². The van der Waals surface area contributed by atoms with E-state index in [1.807, 2.05) is 0 Å². The first-order valence-corrected chi connectivity index (χ1v) is 8.85. The third kappa shape index (κ3) is 2.72. The number of rotatable bonds is 2. The number of hydrogen-bond acceptors (Lipinski definition) is 4. The van der Waals surface area contributed by atoms with Gasteiger partial charge in [-0.15, -0.1) is 0 Å². The van der Waals surface area contributed by atoms with Crippen LogP contribution in [0.3, 0.4) is 0 Å². The molecule has 1 aromatic carbocycles.